The Morgan fingerprint density at radius 1 is 1.17 bits per heavy atom. The second-order valence-corrected chi connectivity index (χ2v) is 7.43. The lowest BCUT2D eigenvalue weighted by Gasteiger charge is -2.32. The molecule has 0 radical (unpaired) electrons. The first-order valence-corrected chi connectivity index (χ1v) is 8.71. The van der Waals surface area contributed by atoms with Gasteiger partial charge in [-0.3, -0.25) is 4.79 Å². The minimum Gasteiger partial charge on any atom is -0.426 e. The third-order valence-electron chi connectivity index (χ3n) is 4.61. The van der Waals surface area contributed by atoms with Gasteiger partial charge in [0.1, 0.15) is 5.75 Å². The maximum atomic E-state index is 12.7. The first-order valence-electron chi connectivity index (χ1n) is 8.71. The van der Waals surface area contributed by atoms with E-state index in [-0.39, 0.29) is 11.9 Å². The van der Waals surface area contributed by atoms with Crippen molar-refractivity contribution in [1.29, 1.82) is 0 Å². The minimum absolute atomic E-state index is 0.178. The van der Waals surface area contributed by atoms with Gasteiger partial charge in [-0.05, 0) is 49.3 Å². The highest BCUT2D eigenvalue weighted by atomic mass is 16.5. The lowest BCUT2D eigenvalue weighted by Crippen LogP contribution is -2.38. The first kappa shape index (κ1) is 19.7. The van der Waals surface area contributed by atoms with Crippen LogP contribution < -0.4 is 4.74 Å². The molecule has 2 atom stereocenters. The Labute approximate surface area is 141 Å². The molecule has 0 fully saturated rings. The lowest BCUT2D eigenvalue weighted by molar-refractivity contribution is -0.148. The van der Waals surface area contributed by atoms with Crippen molar-refractivity contribution >= 4 is 5.97 Å². The number of hydrogen-bond donors (Lipinski definition) is 1. The average molecular weight is 320 g/mol. The normalized spacial score (nSPS) is 15.5. The number of aliphatic hydroxyl groups is 1. The van der Waals surface area contributed by atoms with Crippen molar-refractivity contribution in [2.45, 2.75) is 66.9 Å². The fourth-order valence-corrected chi connectivity index (χ4v) is 2.82. The number of rotatable bonds is 8. The summed E-state index contributed by atoms with van der Waals surface area (Å²) in [6.07, 6.45) is 2.02. The standard InChI is InChI=1S/C20H32O3/c1-7-8-18(21)16-9-11-17(12-10-16)23-19(22)20(6,15(4)5)13-14(2)3/h9-12,14-15,18,21H,7-8,13H2,1-6H3. The summed E-state index contributed by atoms with van der Waals surface area (Å²) in [7, 11) is 0. The molecule has 0 saturated heterocycles. The second-order valence-electron chi connectivity index (χ2n) is 7.43. The van der Waals surface area contributed by atoms with Crippen LogP contribution in [0.5, 0.6) is 5.75 Å². The Hall–Kier alpha value is -1.35. The first-order chi connectivity index (χ1) is 10.7. The molecule has 3 heteroatoms. The Morgan fingerprint density at radius 2 is 1.74 bits per heavy atom. The lowest BCUT2D eigenvalue weighted by atomic mass is 9.73. The van der Waals surface area contributed by atoms with Gasteiger partial charge >= 0.3 is 5.97 Å². The maximum Gasteiger partial charge on any atom is 0.317 e. The number of ether oxygens (including phenoxy) is 1. The molecule has 130 valence electrons. The summed E-state index contributed by atoms with van der Waals surface area (Å²) in [4.78, 5) is 12.7. The number of carbonyl (C=O) groups is 1. The van der Waals surface area contributed by atoms with E-state index in [0.717, 1.165) is 24.8 Å². The third-order valence-corrected chi connectivity index (χ3v) is 4.61. The molecule has 1 aromatic carbocycles. The van der Waals surface area contributed by atoms with Crippen LogP contribution in [0.2, 0.25) is 0 Å². The van der Waals surface area contributed by atoms with Gasteiger partial charge in [0.05, 0.1) is 11.5 Å². The second kappa shape index (κ2) is 8.49. The number of benzene rings is 1. The smallest absolute Gasteiger partial charge is 0.317 e. The highest BCUT2D eigenvalue weighted by Gasteiger charge is 2.39. The fourth-order valence-electron chi connectivity index (χ4n) is 2.82. The SMILES string of the molecule is CCCC(O)c1ccc(OC(=O)C(C)(CC(C)C)C(C)C)cc1. The average Bonchev–Trinajstić information content (AvgIpc) is 2.47. The number of aliphatic hydroxyl groups excluding tert-OH is 1. The molecule has 2 unspecified atom stereocenters. The van der Waals surface area contributed by atoms with Gasteiger partial charge in [0.25, 0.3) is 0 Å². The molecule has 23 heavy (non-hydrogen) atoms. The Bertz CT molecular complexity index is 490. The van der Waals surface area contributed by atoms with E-state index in [1.807, 2.05) is 26.0 Å². The van der Waals surface area contributed by atoms with Crippen LogP contribution >= 0.6 is 0 Å². The fraction of sp³-hybridized carbons (Fsp3) is 0.650. The molecule has 1 N–H and O–H groups in total. The van der Waals surface area contributed by atoms with Gasteiger partial charge in [0, 0.05) is 0 Å². The van der Waals surface area contributed by atoms with Crippen LogP contribution in [0.15, 0.2) is 24.3 Å². The zero-order valence-corrected chi connectivity index (χ0v) is 15.4. The van der Waals surface area contributed by atoms with Crippen molar-refractivity contribution in [2.75, 3.05) is 0 Å². The quantitative estimate of drug-likeness (QED) is 0.533. The van der Waals surface area contributed by atoms with E-state index >= 15 is 0 Å². The van der Waals surface area contributed by atoms with E-state index in [1.165, 1.54) is 0 Å². The summed E-state index contributed by atoms with van der Waals surface area (Å²) in [5, 5.41) is 9.99. The van der Waals surface area contributed by atoms with E-state index in [2.05, 4.69) is 27.7 Å². The molecule has 0 aliphatic carbocycles. The van der Waals surface area contributed by atoms with Crippen LogP contribution in [0.1, 0.15) is 72.5 Å². The van der Waals surface area contributed by atoms with Crippen molar-refractivity contribution in [2.24, 2.45) is 17.3 Å². The third kappa shape index (κ3) is 5.35. The molecule has 0 spiro atoms. The molecule has 0 saturated carbocycles. The highest BCUT2D eigenvalue weighted by molar-refractivity contribution is 5.79. The summed E-state index contributed by atoms with van der Waals surface area (Å²) in [6.45, 7) is 12.4. The zero-order valence-electron chi connectivity index (χ0n) is 15.4. The van der Waals surface area contributed by atoms with Crippen molar-refractivity contribution in [3.8, 4) is 5.75 Å². The largest absolute Gasteiger partial charge is 0.426 e. The van der Waals surface area contributed by atoms with Gasteiger partial charge in [0.2, 0.25) is 0 Å². The summed E-state index contributed by atoms with van der Waals surface area (Å²) < 4.78 is 5.62. The van der Waals surface area contributed by atoms with Crippen molar-refractivity contribution in [3.63, 3.8) is 0 Å². The highest BCUT2D eigenvalue weighted by Crippen LogP contribution is 2.36. The monoisotopic (exact) mass is 320 g/mol. The molecule has 0 aliphatic rings. The molecular weight excluding hydrogens is 288 g/mol. The predicted molar refractivity (Wildman–Crippen MR) is 94.3 cm³/mol. The summed E-state index contributed by atoms with van der Waals surface area (Å²) in [6, 6.07) is 7.20. The number of hydrogen-bond acceptors (Lipinski definition) is 3. The molecule has 0 heterocycles. The molecule has 0 bridgehead atoms. The van der Waals surface area contributed by atoms with Crippen LogP contribution in [0.4, 0.5) is 0 Å². The van der Waals surface area contributed by atoms with Crippen molar-refractivity contribution in [3.05, 3.63) is 29.8 Å². The van der Waals surface area contributed by atoms with Crippen molar-refractivity contribution in [1.82, 2.24) is 0 Å². The summed E-state index contributed by atoms with van der Waals surface area (Å²) in [5.41, 5.74) is 0.370. The van der Waals surface area contributed by atoms with Crippen molar-refractivity contribution < 1.29 is 14.6 Å². The Morgan fingerprint density at radius 3 is 2.17 bits per heavy atom. The maximum absolute atomic E-state index is 12.7. The van der Waals surface area contributed by atoms with Gasteiger partial charge in [0.15, 0.2) is 0 Å². The molecule has 3 nitrogen and oxygen atoms in total. The molecule has 1 aromatic rings. The van der Waals surface area contributed by atoms with E-state index in [4.69, 9.17) is 4.74 Å². The van der Waals surface area contributed by atoms with E-state index < -0.39 is 11.5 Å². The number of esters is 1. The van der Waals surface area contributed by atoms with Gasteiger partial charge in [-0.25, -0.2) is 0 Å². The molecular formula is C20H32O3. The van der Waals surface area contributed by atoms with E-state index in [0.29, 0.717) is 11.7 Å². The van der Waals surface area contributed by atoms with Crippen LogP contribution in [-0.2, 0) is 4.79 Å². The summed E-state index contributed by atoms with van der Waals surface area (Å²) >= 11 is 0. The predicted octanol–water partition coefficient (Wildman–Crippen LogP) is 5.13. The van der Waals surface area contributed by atoms with Crippen LogP contribution in [0.25, 0.3) is 0 Å². The Kier molecular flexibility index (Phi) is 7.27. The Balaban J connectivity index is 2.83. The minimum atomic E-state index is -0.492. The van der Waals surface area contributed by atoms with Crippen LogP contribution in [0.3, 0.4) is 0 Å². The van der Waals surface area contributed by atoms with Crippen LogP contribution in [-0.4, -0.2) is 11.1 Å². The molecule has 1 rings (SSSR count). The van der Waals surface area contributed by atoms with E-state index in [9.17, 15) is 9.90 Å². The van der Waals surface area contributed by atoms with E-state index in [1.54, 1.807) is 12.1 Å². The van der Waals surface area contributed by atoms with Gasteiger partial charge in [-0.1, -0.05) is 53.2 Å². The topological polar surface area (TPSA) is 46.5 Å². The summed E-state index contributed by atoms with van der Waals surface area (Å²) in [5.74, 6) is 1.01. The van der Waals surface area contributed by atoms with Gasteiger partial charge in [-0.2, -0.15) is 0 Å². The molecule has 0 amide bonds. The molecule has 0 aliphatic heterocycles. The van der Waals surface area contributed by atoms with Crippen LogP contribution in [0, 0.1) is 17.3 Å². The van der Waals surface area contributed by atoms with Gasteiger partial charge < -0.3 is 9.84 Å². The molecule has 0 aromatic heterocycles. The number of carbonyl (C=O) groups excluding carboxylic acids is 1. The zero-order chi connectivity index (χ0) is 17.6. The van der Waals surface area contributed by atoms with Gasteiger partial charge in [-0.15, -0.1) is 0 Å².